The molecule has 2 aromatic heterocycles. The molecular formula is C9H12ClN5. The molecular weight excluding hydrogens is 214 g/mol. The number of rotatable bonds is 3. The molecule has 5 nitrogen and oxygen atoms in total. The van der Waals surface area contributed by atoms with Crippen LogP contribution in [0.4, 0.5) is 0 Å². The van der Waals surface area contributed by atoms with Gasteiger partial charge in [-0.3, -0.25) is 0 Å². The molecule has 0 aliphatic carbocycles. The topological polar surface area (TPSA) is 46.8 Å². The predicted octanol–water partition coefficient (Wildman–Crippen LogP) is 1.04. The first kappa shape index (κ1) is 10.3. The Hall–Kier alpha value is -1.20. The Labute approximate surface area is 92.7 Å². The molecule has 0 bridgehead atoms. The number of fused-ring (bicyclic) bond motifs is 1. The molecule has 2 aromatic rings. The van der Waals surface area contributed by atoms with Crippen molar-refractivity contribution in [2.45, 2.75) is 6.54 Å². The molecule has 0 radical (unpaired) electrons. The van der Waals surface area contributed by atoms with Gasteiger partial charge in [0.05, 0.1) is 18.1 Å². The smallest absolute Gasteiger partial charge is 0.224 e. The van der Waals surface area contributed by atoms with Crippen molar-refractivity contribution in [3.63, 3.8) is 0 Å². The third kappa shape index (κ3) is 2.24. The van der Waals surface area contributed by atoms with Crippen LogP contribution in [0.2, 0.25) is 5.28 Å². The SMILES string of the molecule is CN(C)CCn1ncc2cnc(Cl)nc21. The number of aromatic nitrogens is 4. The van der Waals surface area contributed by atoms with Crippen molar-refractivity contribution in [1.82, 2.24) is 24.6 Å². The molecule has 15 heavy (non-hydrogen) atoms. The molecule has 80 valence electrons. The first-order valence-corrected chi connectivity index (χ1v) is 5.03. The van der Waals surface area contributed by atoms with Crippen molar-refractivity contribution in [3.8, 4) is 0 Å². The lowest BCUT2D eigenvalue weighted by molar-refractivity contribution is 0.376. The summed E-state index contributed by atoms with van der Waals surface area (Å²) in [5.74, 6) is 0. The fraction of sp³-hybridized carbons (Fsp3) is 0.444. The Morgan fingerprint density at radius 2 is 2.20 bits per heavy atom. The summed E-state index contributed by atoms with van der Waals surface area (Å²) in [6.45, 7) is 1.71. The average molecular weight is 226 g/mol. The third-order valence-corrected chi connectivity index (χ3v) is 2.29. The highest BCUT2D eigenvalue weighted by molar-refractivity contribution is 6.28. The second kappa shape index (κ2) is 4.12. The molecule has 0 aliphatic heterocycles. The standard InChI is InChI=1S/C9H12ClN5/c1-14(2)3-4-15-8-7(6-12-15)5-11-9(10)13-8/h5-6H,3-4H2,1-2H3. The van der Waals surface area contributed by atoms with Gasteiger partial charge in [-0.2, -0.15) is 10.1 Å². The quantitative estimate of drug-likeness (QED) is 0.733. The molecule has 0 amide bonds. The molecule has 0 saturated heterocycles. The maximum Gasteiger partial charge on any atom is 0.224 e. The van der Waals surface area contributed by atoms with Crippen molar-refractivity contribution in [2.24, 2.45) is 0 Å². The Morgan fingerprint density at radius 1 is 1.40 bits per heavy atom. The van der Waals surface area contributed by atoms with Crippen LogP contribution < -0.4 is 0 Å². The molecule has 2 rings (SSSR count). The van der Waals surface area contributed by atoms with Gasteiger partial charge < -0.3 is 4.90 Å². The minimum Gasteiger partial charge on any atom is -0.308 e. The van der Waals surface area contributed by atoms with Crippen molar-refractivity contribution < 1.29 is 0 Å². The van der Waals surface area contributed by atoms with Crippen LogP contribution in [0, 0.1) is 0 Å². The van der Waals surface area contributed by atoms with Crippen LogP contribution in [0.25, 0.3) is 11.0 Å². The van der Waals surface area contributed by atoms with E-state index in [2.05, 4.69) is 20.0 Å². The molecule has 0 aliphatic rings. The number of nitrogens with zero attached hydrogens (tertiary/aromatic N) is 5. The first-order valence-electron chi connectivity index (χ1n) is 4.65. The molecule has 0 fully saturated rings. The summed E-state index contributed by atoms with van der Waals surface area (Å²) < 4.78 is 1.84. The van der Waals surface area contributed by atoms with E-state index in [9.17, 15) is 0 Å². The van der Waals surface area contributed by atoms with Gasteiger partial charge in [0, 0.05) is 12.7 Å². The summed E-state index contributed by atoms with van der Waals surface area (Å²) in [7, 11) is 4.04. The van der Waals surface area contributed by atoms with Crippen molar-refractivity contribution >= 4 is 22.6 Å². The highest BCUT2D eigenvalue weighted by Crippen LogP contribution is 2.11. The molecule has 6 heteroatoms. The summed E-state index contributed by atoms with van der Waals surface area (Å²) in [4.78, 5) is 10.1. The number of hydrogen-bond acceptors (Lipinski definition) is 4. The van der Waals surface area contributed by atoms with Gasteiger partial charge in [-0.25, -0.2) is 9.67 Å². The largest absolute Gasteiger partial charge is 0.308 e. The van der Waals surface area contributed by atoms with E-state index in [0.29, 0.717) is 0 Å². The van der Waals surface area contributed by atoms with Crippen LogP contribution in [-0.2, 0) is 6.54 Å². The lowest BCUT2D eigenvalue weighted by atomic mass is 10.4. The van der Waals surface area contributed by atoms with E-state index in [1.165, 1.54) is 0 Å². The van der Waals surface area contributed by atoms with E-state index < -0.39 is 0 Å². The number of halogens is 1. The summed E-state index contributed by atoms with van der Waals surface area (Å²) in [5, 5.41) is 5.41. The Balaban J connectivity index is 2.31. The predicted molar refractivity (Wildman–Crippen MR) is 58.9 cm³/mol. The van der Waals surface area contributed by atoms with E-state index in [1.807, 2.05) is 18.8 Å². The maximum absolute atomic E-state index is 5.74. The summed E-state index contributed by atoms with van der Waals surface area (Å²) in [6, 6.07) is 0. The van der Waals surface area contributed by atoms with Gasteiger partial charge in [0.2, 0.25) is 5.28 Å². The second-order valence-corrected chi connectivity index (χ2v) is 3.93. The summed E-state index contributed by atoms with van der Waals surface area (Å²) >= 11 is 5.74. The molecule has 0 spiro atoms. The molecule has 0 saturated carbocycles. The van der Waals surface area contributed by atoms with Gasteiger partial charge in [-0.05, 0) is 25.7 Å². The minimum atomic E-state index is 0.258. The highest BCUT2D eigenvalue weighted by atomic mass is 35.5. The Kier molecular flexibility index (Phi) is 2.83. The van der Waals surface area contributed by atoms with Gasteiger partial charge in [0.25, 0.3) is 0 Å². The number of likely N-dealkylation sites (N-methyl/N-ethyl adjacent to an activating group) is 1. The van der Waals surface area contributed by atoms with Gasteiger partial charge >= 0.3 is 0 Å². The zero-order valence-electron chi connectivity index (χ0n) is 8.68. The fourth-order valence-electron chi connectivity index (χ4n) is 1.30. The van der Waals surface area contributed by atoms with Crippen LogP contribution in [0.3, 0.4) is 0 Å². The van der Waals surface area contributed by atoms with Crippen LogP contribution in [0.15, 0.2) is 12.4 Å². The molecule has 2 heterocycles. The molecule has 0 atom stereocenters. The third-order valence-electron chi connectivity index (χ3n) is 2.11. The van der Waals surface area contributed by atoms with Gasteiger partial charge in [-0.1, -0.05) is 0 Å². The van der Waals surface area contributed by atoms with E-state index in [1.54, 1.807) is 12.4 Å². The van der Waals surface area contributed by atoms with E-state index in [0.717, 1.165) is 24.1 Å². The van der Waals surface area contributed by atoms with Crippen molar-refractivity contribution in [1.29, 1.82) is 0 Å². The van der Waals surface area contributed by atoms with Crippen LogP contribution in [0.5, 0.6) is 0 Å². The van der Waals surface area contributed by atoms with Crippen LogP contribution in [0.1, 0.15) is 0 Å². The van der Waals surface area contributed by atoms with Gasteiger partial charge in [0.1, 0.15) is 0 Å². The Bertz CT molecular complexity index is 464. The normalized spacial score (nSPS) is 11.5. The second-order valence-electron chi connectivity index (χ2n) is 3.59. The van der Waals surface area contributed by atoms with Crippen molar-refractivity contribution in [2.75, 3.05) is 20.6 Å². The summed E-state index contributed by atoms with van der Waals surface area (Å²) in [5.41, 5.74) is 0.789. The minimum absolute atomic E-state index is 0.258. The molecule has 0 aromatic carbocycles. The van der Waals surface area contributed by atoms with Crippen molar-refractivity contribution in [3.05, 3.63) is 17.7 Å². The summed E-state index contributed by atoms with van der Waals surface area (Å²) in [6.07, 6.45) is 3.44. The highest BCUT2D eigenvalue weighted by Gasteiger charge is 2.05. The van der Waals surface area contributed by atoms with Gasteiger partial charge in [0.15, 0.2) is 5.65 Å². The molecule has 0 unspecified atom stereocenters. The first-order chi connectivity index (χ1) is 7.16. The van der Waals surface area contributed by atoms with Crippen LogP contribution >= 0.6 is 11.6 Å². The van der Waals surface area contributed by atoms with Crippen LogP contribution in [-0.4, -0.2) is 45.3 Å². The molecule has 0 N–H and O–H groups in total. The Morgan fingerprint density at radius 3 is 2.93 bits per heavy atom. The maximum atomic E-state index is 5.74. The van der Waals surface area contributed by atoms with E-state index in [4.69, 9.17) is 11.6 Å². The lowest BCUT2D eigenvalue weighted by Crippen LogP contribution is -2.19. The average Bonchev–Trinajstić information content (AvgIpc) is 2.57. The zero-order valence-corrected chi connectivity index (χ0v) is 9.44. The zero-order chi connectivity index (χ0) is 10.8. The monoisotopic (exact) mass is 225 g/mol. The van der Waals surface area contributed by atoms with Gasteiger partial charge in [-0.15, -0.1) is 0 Å². The lowest BCUT2D eigenvalue weighted by Gasteiger charge is -2.09. The van der Waals surface area contributed by atoms with E-state index in [-0.39, 0.29) is 5.28 Å². The fourth-order valence-corrected chi connectivity index (χ4v) is 1.43. The number of hydrogen-bond donors (Lipinski definition) is 0. The van der Waals surface area contributed by atoms with E-state index >= 15 is 0 Å².